The molecule has 0 heterocycles. The van der Waals surface area contributed by atoms with Crippen LogP contribution in [-0.4, -0.2) is 25.3 Å². The van der Waals surface area contributed by atoms with E-state index in [0.717, 1.165) is 10.7 Å². The molecule has 0 aliphatic rings. The van der Waals surface area contributed by atoms with Crippen LogP contribution in [0, 0.1) is 0 Å². The van der Waals surface area contributed by atoms with Crippen molar-refractivity contribution in [3.05, 3.63) is 53.6 Å². The molecule has 0 aromatic heterocycles. The molecule has 126 valence electrons. The van der Waals surface area contributed by atoms with Crippen molar-refractivity contribution in [2.75, 3.05) is 23.8 Å². The Morgan fingerprint density at radius 3 is 2.17 bits per heavy atom. The van der Waals surface area contributed by atoms with Gasteiger partial charge in [0.05, 0.1) is 18.0 Å². The van der Waals surface area contributed by atoms with E-state index in [2.05, 4.69) is 0 Å². The molecule has 0 radical (unpaired) electrons. The van der Waals surface area contributed by atoms with Gasteiger partial charge >= 0.3 is 0 Å². The fourth-order valence-corrected chi connectivity index (χ4v) is 2.11. The van der Waals surface area contributed by atoms with Crippen LogP contribution in [0.3, 0.4) is 0 Å². The molecule has 8 heteroatoms. The van der Waals surface area contributed by atoms with Crippen molar-refractivity contribution in [3.63, 3.8) is 0 Å². The molecule has 0 fully saturated rings. The van der Waals surface area contributed by atoms with Crippen LogP contribution in [0.5, 0.6) is 5.75 Å². The van der Waals surface area contributed by atoms with Gasteiger partial charge in [-0.1, -0.05) is 23.7 Å². The third kappa shape index (κ3) is 8.92. The molecule has 2 rings (SSSR count). The van der Waals surface area contributed by atoms with Crippen LogP contribution in [0.2, 0.25) is 5.02 Å². The normalized spacial score (nSPS) is 10.5. The van der Waals surface area contributed by atoms with Crippen molar-refractivity contribution in [1.82, 2.24) is 0 Å². The number of benzene rings is 2. The Morgan fingerprint density at radius 1 is 1.04 bits per heavy atom. The zero-order valence-electron chi connectivity index (χ0n) is 12.4. The summed E-state index contributed by atoms with van der Waals surface area (Å²) < 4.78 is 34.5. The van der Waals surface area contributed by atoms with E-state index >= 15 is 0 Å². The summed E-state index contributed by atoms with van der Waals surface area (Å²) in [5, 5.41) is 0.721. The molecular weight excluding hydrogens is 340 g/mol. The number of ether oxygens (including phenoxy) is 1. The zero-order valence-corrected chi connectivity index (χ0v) is 13.9. The van der Waals surface area contributed by atoms with Crippen molar-refractivity contribution < 1.29 is 17.7 Å². The van der Waals surface area contributed by atoms with Gasteiger partial charge in [0.2, 0.25) is 0 Å². The van der Waals surface area contributed by atoms with E-state index in [0.29, 0.717) is 11.4 Å². The highest BCUT2D eigenvalue weighted by atomic mass is 35.5. The van der Waals surface area contributed by atoms with Gasteiger partial charge in [-0.3, -0.25) is 4.55 Å². The molecule has 2 aromatic rings. The molecule has 0 saturated carbocycles. The van der Waals surface area contributed by atoms with E-state index in [1.165, 1.54) is 0 Å². The molecule has 0 aliphatic heterocycles. The van der Waals surface area contributed by atoms with E-state index in [1.54, 1.807) is 48.5 Å². The zero-order chi connectivity index (χ0) is 17.3. The highest BCUT2D eigenvalue weighted by molar-refractivity contribution is 7.85. The van der Waals surface area contributed by atoms with Crippen molar-refractivity contribution in [2.24, 2.45) is 0 Å². The highest BCUT2D eigenvalue weighted by Crippen LogP contribution is 2.19. The fraction of sp³-hybridized carbons (Fsp3) is 0.200. The molecule has 2 aromatic carbocycles. The van der Waals surface area contributed by atoms with Crippen LogP contribution in [0.1, 0.15) is 6.42 Å². The van der Waals surface area contributed by atoms with E-state index in [-0.39, 0.29) is 18.8 Å². The van der Waals surface area contributed by atoms with Gasteiger partial charge in [0.25, 0.3) is 10.1 Å². The lowest BCUT2D eigenvalue weighted by atomic mass is 10.3. The smallest absolute Gasteiger partial charge is 0.264 e. The van der Waals surface area contributed by atoms with Gasteiger partial charge in [0, 0.05) is 10.7 Å². The monoisotopic (exact) mass is 358 g/mol. The Morgan fingerprint density at radius 2 is 1.65 bits per heavy atom. The maximum Gasteiger partial charge on any atom is 0.264 e. The van der Waals surface area contributed by atoms with Gasteiger partial charge in [-0.05, 0) is 42.8 Å². The number of hydrogen-bond acceptors (Lipinski definition) is 5. The molecule has 23 heavy (non-hydrogen) atoms. The summed E-state index contributed by atoms with van der Waals surface area (Å²) in [5.74, 6) is 0.215. The Balaban J connectivity index is 0.000000277. The number of nitrogen functional groups attached to an aromatic ring is 2. The van der Waals surface area contributed by atoms with Crippen LogP contribution in [0.15, 0.2) is 48.5 Å². The first-order valence-electron chi connectivity index (χ1n) is 6.71. The minimum absolute atomic E-state index is 0.202. The maximum atomic E-state index is 10.4. The number of nitrogens with two attached hydrogens (primary N) is 2. The van der Waals surface area contributed by atoms with E-state index in [9.17, 15) is 8.42 Å². The predicted octanol–water partition coefficient (Wildman–Crippen LogP) is 2.85. The summed E-state index contributed by atoms with van der Waals surface area (Å²) in [6.07, 6.45) is 0.229. The number of rotatable bonds is 5. The van der Waals surface area contributed by atoms with E-state index < -0.39 is 10.1 Å². The summed E-state index contributed by atoms with van der Waals surface area (Å²) in [4.78, 5) is 0. The summed E-state index contributed by atoms with van der Waals surface area (Å²) in [6, 6.07) is 14.0. The van der Waals surface area contributed by atoms with Crippen LogP contribution < -0.4 is 16.2 Å². The standard InChI is InChI=1S/C9H13NO4S.C6H6ClN/c10-8-4-1-2-5-9(8)14-6-3-7-15(11,12)13;7-5-1-3-6(8)4-2-5/h1-2,4-5H,3,6-7,10H2,(H,11,12,13);1-4H,8H2. The lowest BCUT2D eigenvalue weighted by Gasteiger charge is -2.07. The summed E-state index contributed by atoms with van der Waals surface area (Å²) in [7, 11) is -3.90. The third-order valence-corrected chi connectivity index (χ3v) is 3.65. The quantitative estimate of drug-likeness (QED) is 0.430. The summed E-state index contributed by atoms with van der Waals surface area (Å²) in [5.41, 5.74) is 12.2. The lowest BCUT2D eigenvalue weighted by Crippen LogP contribution is -2.09. The molecule has 0 amide bonds. The molecule has 6 nitrogen and oxygen atoms in total. The maximum absolute atomic E-state index is 10.4. The van der Waals surface area contributed by atoms with E-state index in [1.807, 2.05) is 0 Å². The molecule has 0 bridgehead atoms. The van der Waals surface area contributed by atoms with Crippen molar-refractivity contribution in [1.29, 1.82) is 0 Å². The minimum atomic E-state index is -3.90. The number of para-hydroxylation sites is 2. The second-order valence-corrected chi connectivity index (χ2v) is 6.59. The molecular formula is C15H19ClN2O4S. The van der Waals surface area contributed by atoms with Gasteiger partial charge in [-0.2, -0.15) is 8.42 Å². The molecule has 0 atom stereocenters. The molecule has 0 aliphatic carbocycles. The molecule has 0 unspecified atom stereocenters. The first kappa shape index (κ1) is 19.1. The third-order valence-electron chi connectivity index (χ3n) is 2.59. The minimum Gasteiger partial charge on any atom is -0.491 e. The largest absolute Gasteiger partial charge is 0.491 e. The predicted molar refractivity (Wildman–Crippen MR) is 93.2 cm³/mol. The van der Waals surface area contributed by atoms with Crippen LogP contribution in [-0.2, 0) is 10.1 Å². The number of anilines is 2. The fourth-order valence-electron chi connectivity index (χ4n) is 1.50. The molecule has 0 saturated heterocycles. The Labute approximate surface area is 140 Å². The van der Waals surface area contributed by atoms with Crippen LogP contribution in [0.25, 0.3) is 0 Å². The van der Waals surface area contributed by atoms with Crippen molar-refractivity contribution >= 4 is 33.1 Å². The lowest BCUT2D eigenvalue weighted by molar-refractivity contribution is 0.318. The number of halogens is 1. The second-order valence-electron chi connectivity index (χ2n) is 4.58. The van der Waals surface area contributed by atoms with Crippen LogP contribution in [0.4, 0.5) is 11.4 Å². The first-order chi connectivity index (χ1) is 10.8. The van der Waals surface area contributed by atoms with Gasteiger partial charge < -0.3 is 16.2 Å². The van der Waals surface area contributed by atoms with Gasteiger partial charge in [0.15, 0.2) is 0 Å². The average molecular weight is 359 g/mol. The molecule has 0 spiro atoms. The van der Waals surface area contributed by atoms with Gasteiger partial charge in [0.1, 0.15) is 5.75 Å². The van der Waals surface area contributed by atoms with Crippen molar-refractivity contribution in [2.45, 2.75) is 6.42 Å². The van der Waals surface area contributed by atoms with Gasteiger partial charge in [-0.25, -0.2) is 0 Å². The van der Waals surface area contributed by atoms with Crippen molar-refractivity contribution in [3.8, 4) is 5.75 Å². The average Bonchev–Trinajstić information content (AvgIpc) is 2.48. The Kier molecular flexibility index (Phi) is 7.67. The number of hydrogen-bond donors (Lipinski definition) is 3. The summed E-state index contributed by atoms with van der Waals surface area (Å²) >= 11 is 5.56. The highest BCUT2D eigenvalue weighted by Gasteiger charge is 2.04. The van der Waals surface area contributed by atoms with Crippen LogP contribution >= 0.6 is 11.6 Å². The second kappa shape index (κ2) is 9.24. The first-order valence-corrected chi connectivity index (χ1v) is 8.70. The van der Waals surface area contributed by atoms with E-state index in [4.69, 9.17) is 32.4 Å². The van der Waals surface area contributed by atoms with Gasteiger partial charge in [-0.15, -0.1) is 0 Å². The Hall–Kier alpha value is -1.96. The topological polar surface area (TPSA) is 116 Å². The summed E-state index contributed by atoms with van der Waals surface area (Å²) in [6.45, 7) is 0.202. The molecule has 5 N–H and O–H groups in total. The SMILES string of the molecule is Nc1ccc(Cl)cc1.Nc1ccccc1OCCCS(=O)(=O)O. The Bertz CT molecular complexity index is 685.